The lowest BCUT2D eigenvalue weighted by molar-refractivity contribution is -0.137. The van der Waals surface area contributed by atoms with E-state index >= 15 is 0 Å². The predicted molar refractivity (Wildman–Crippen MR) is 70.4 cm³/mol. The van der Waals surface area contributed by atoms with E-state index in [1.54, 1.807) is 13.1 Å². The van der Waals surface area contributed by atoms with Crippen molar-refractivity contribution in [1.29, 1.82) is 0 Å². The lowest BCUT2D eigenvalue weighted by Gasteiger charge is -2.15. The lowest BCUT2D eigenvalue weighted by Crippen LogP contribution is -2.18. The highest BCUT2D eigenvalue weighted by Crippen LogP contribution is 2.30. The van der Waals surface area contributed by atoms with Crippen LogP contribution >= 0.6 is 0 Å². The second-order valence-electron chi connectivity index (χ2n) is 4.69. The summed E-state index contributed by atoms with van der Waals surface area (Å²) >= 11 is 0. The molecule has 2 rings (SSSR count). The van der Waals surface area contributed by atoms with Crippen LogP contribution < -0.4 is 5.32 Å². The van der Waals surface area contributed by atoms with Gasteiger partial charge in [-0.15, -0.1) is 0 Å². The normalized spacial score (nSPS) is 13.4. The van der Waals surface area contributed by atoms with Gasteiger partial charge in [0.25, 0.3) is 0 Å². The van der Waals surface area contributed by atoms with Crippen LogP contribution in [-0.2, 0) is 12.6 Å². The molecule has 0 spiro atoms. The van der Waals surface area contributed by atoms with Crippen LogP contribution in [0.1, 0.15) is 28.7 Å². The van der Waals surface area contributed by atoms with Crippen LogP contribution in [0.3, 0.4) is 0 Å². The summed E-state index contributed by atoms with van der Waals surface area (Å²) in [6.45, 7) is 1.83. The first-order valence-electron chi connectivity index (χ1n) is 6.30. The molecule has 20 heavy (non-hydrogen) atoms. The smallest absolute Gasteiger partial charge is 0.416 e. The molecule has 1 aromatic carbocycles. The Balaban J connectivity index is 2.20. The second kappa shape index (κ2) is 5.71. The van der Waals surface area contributed by atoms with Crippen LogP contribution in [0.5, 0.6) is 0 Å². The highest BCUT2D eigenvalue weighted by atomic mass is 19.4. The fraction of sp³-hybridized carbons (Fsp3) is 0.333. The number of hydrogen-bond acceptors (Lipinski definition) is 2. The van der Waals surface area contributed by atoms with Crippen LogP contribution in [0.25, 0.3) is 0 Å². The van der Waals surface area contributed by atoms with E-state index < -0.39 is 11.7 Å². The monoisotopic (exact) mass is 283 g/mol. The molecule has 2 nitrogen and oxygen atoms in total. The zero-order valence-corrected chi connectivity index (χ0v) is 11.3. The van der Waals surface area contributed by atoms with Crippen molar-refractivity contribution in [1.82, 2.24) is 5.32 Å². The molecule has 0 amide bonds. The maximum atomic E-state index is 12.7. The number of hydrogen-bond donors (Lipinski definition) is 1. The number of aryl methyl sites for hydroxylation is 1. The number of benzene rings is 1. The fourth-order valence-electron chi connectivity index (χ4n) is 2.10. The van der Waals surface area contributed by atoms with E-state index in [0.29, 0.717) is 12.0 Å². The third kappa shape index (κ3) is 3.42. The van der Waals surface area contributed by atoms with Gasteiger partial charge in [-0.2, -0.15) is 13.2 Å². The average molecular weight is 283 g/mol. The molecule has 0 saturated carbocycles. The Morgan fingerprint density at radius 3 is 2.50 bits per heavy atom. The Morgan fingerprint density at radius 1 is 1.20 bits per heavy atom. The molecule has 1 atom stereocenters. The summed E-state index contributed by atoms with van der Waals surface area (Å²) in [6, 6.07) is 8.91. The minimum absolute atomic E-state index is 0.146. The van der Waals surface area contributed by atoms with Gasteiger partial charge in [0.2, 0.25) is 0 Å². The van der Waals surface area contributed by atoms with Crippen molar-refractivity contribution in [2.45, 2.75) is 25.6 Å². The van der Waals surface area contributed by atoms with Gasteiger partial charge in [0.15, 0.2) is 0 Å². The van der Waals surface area contributed by atoms with E-state index in [-0.39, 0.29) is 6.04 Å². The Labute approximate surface area is 115 Å². The standard InChI is InChI=1S/C15H16F3NO/c1-10-6-7-14(20-10)13(19-2)9-11-4-3-5-12(8-11)15(16,17)18/h3-8,13,19H,9H2,1-2H3. The molecule has 0 aliphatic heterocycles. The molecule has 5 heteroatoms. The summed E-state index contributed by atoms with van der Waals surface area (Å²) in [6.07, 6.45) is -3.88. The van der Waals surface area contributed by atoms with Crippen LogP contribution in [0.2, 0.25) is 0 Å². The number of furan rings is 1. The molecule has 0 saturated heterocycles. The molecule has 1 heterocycles. The van der Waals surface area contributed by atoms with Gasteiger partial charge >= 0.3 is 6.18 Å². The highest BCUT2D eigenvalue weighted by Gasteiger charge is 2.30. The number of alkyl halides is 3. The Morgan fingerprint density at radius 2 is 1.95 bits per heavy atom. The van der Waals surface area contributed by atoms with E-state index in [1.807, 2.05) is 19.1 Å². The van der Waals surface area contributed by atoms with Crippen LogP contribution in [0.15, 0.2) is 40.8 Å². The fourth-order valence-corrected chi connectivity index (χ4v) is 2.10. The van der Waals surface area contributed by atoms with Gasteiger partial charge in [-0.1, -0.05) is 18.2 Å². The molecule has 108 valence electrons. The van der Waals surface area contributed by atoms with E-state index in [0.717, 1.165) is 17.6 Å². The predicted octanol–water partition coefficient (Wildman–Crippen LogP) is 4.11. The quantitative estimate of drug-likeness (QED) is 0.913. The molecule has 1 N–H and O–H groups in total. The largest absolute Gasteiger partial charge is 0.465 e. The van der Waals surface area contributed by atoms with Crippen molar-refractivity contribution >= 4 is 0 Å². The number of rotatable bonds is 4. The average Bonchev–Trinajstić information content (AvgIpc) is 2.82. The number of halogens is 3. The minimum Gasteiger partial charge on any atom is -0.465 e. The summed E-state index contributed by atoms with van der Waals surface area (Å²) in [5, 5.41) is 3.06. The third-order valence-electron chi connectivity index (χ3n) is 3.15. The first-order chi connectivity index (χ1) is 9.40. The van der Waals surface area contributed by atoms with Gasteiger partial charge in [-0.3, -0.25) is 0 Å². The van der Waals surface area contributed by atoms with Crippen molar-refractivity contribution in [3.63, 3.8) is 0 Å². The van der Waals surface area contributed by atoms with E-state index in [9.17, 15) is 13.2 Å². The third-order valence-corrected chi connectivity index (χ3v) is 3.15. The SMILES string of the molecule is CNC(Cc1cccc(C(F)(F)F)c1)c1ccc(C)o1. The lowest BCUT2D eigenvalue weighted by atomic mass is 10.0. The molecule has 0 fully saturated rings. The van der Waals surface area contributed by atoms with Crippen molar-refractivity contribution < 1.29 is 17.6 Å². The summed E-state index contributed by atoms with van der Waals surface area (Å²) in [4.78, 5) is 0. The zero-order chi connectivity index (χ0) is 14.8. The van der Waals surface area contributed by atoms with Gasteiger partial charge in [0.05, 0.1) is 11.6 Å². The summed E-state index contributed by atoms with van der Waals surface area (Å²) in [5.74, 6) is 1.51. The minimum atomic E-state index is -4.31. The molecule has 1 unspecified atom stereocenters. The molecule has 0 bridgehead atoms. The Hall–Kier alpha value is -1.75. The van der Waals surface area contributed by atoms with Crippen molar-refractivity contribution in [3.05, 3.63) is 59.0 Å². The molecule has 0 aliphatic rings. The van der Waals surface area contributed by atoms with Crippen molar-refractivity contribution in [2.75, 3.05) is 7.05 Å². The second-order valence-corrected chi connectivity index (χ2v) is 4.69. The highest BCUT2D eigenvalue weighted by molar-refractivity contribution is 5.27. The number of nitrogens with one attached hydrogen (secondary N) is 1. The zero-order valence-electron chi connectivity index (χ0n) is 11.3. The Kier molecular flexibility index (Phi) is 4.18. The summed E-state index contributed by atoms with van der Waals surface area (Å²) < 4.78 is 43.6. The summed E-state index contributed by atoms with van der Waals surface area (Å²) in [7, 11) is 1.76. The van der Waals surface area contributed by atoms with Gasteiger partial charge in [0, 0.05) is 0 Å². The van der Waals surface area contributed by atoms with Crippen molar-refractivity contribution in [3.8, 4) is 0 Å². The van der Waals surface area contributed by atoms with Gasteiger partial charge < -0.3 is 9.73 Å². The van der Waals surface area contributed by atoms with Crippen LogP contribution in [-0.4, -0.2) is 7.05 Å². The molecule has 0 radical (unpaired) electrons. The number of likely N-dealkylation sites (N-methyl/N-ethyl adjacent to an activating group) is 1. The maximum absolute atomic E-state index is 12.7. The topological polar surface area (TPSA) is 25.2 Å². The Bertz CT molecular complexity index is 574. The first-order valence-corrected chi connectivity index (χ1v) is 6.30. The maximum Gasteiger partial charge on any atom is 0.416 e. The van der Waals surface area contributed by atoms with E-state index in [4.69, 9.17) is 4.42 Å². The molecule has 2 aromatic rings. The van der Waals surface area contributed by atoms with E-state index in [2.05, 4.69) is 5.32 Å². The van der Waals surface area contributed by atoms with Gasteiger partial charge in [-0.25, -0.2) is 0 Å². The van der Waals surface area contributed by atoms with Crippen LogP contribution in [0.4, 0.5) is 13.2 Å². The molecular formula is C15H16F3NO. The van der Waals surface area contributed by atoms with Gasteiger partial charge in [0.1, 0.15) is 11.5 Å². The van der Waals surface area contributed by atoms with Crippen molar-refractivity contribution in [2.24, 2.45) is 0 Å². The van der Waals surface area contributed by atoms with Crippen LogP contribution in [0, 0.1) is 6.92 Å². The first kappa shape index (κ1) is 14.7. The van der Waals surface area contributed by atoms with Gasteiger partial charge in [-0.05, 0) is 44.2 Å². The molecule has 0 aliphatic carbocycles. The molecule has 1 aromatic heterocycles. The van der Waals surface area contributed by atoms with E-state index in [1.165, 1.54) is 12.1 Å². The summed E-state index contributed by atoms with van der Waals surface area (Å²) in [5.41, 5.74) is -0.00583. The molecular weight excluding hydrogens is 267 g/mol.